The number of nitrogens with two attached hydrogens (primary N) is 1. The van der Waals surface area contributed by atoms with E-state index >= 15 is 0 Å². The summed E-state index contributed by atoms with van der Waals surface area (Å²) in [6.45, 7) is 3.97. The van der Waals surface area contributed by atoms with Crippen molar-refractivity contribution in [3.63, 3.8) is 0 Å². The predicted molar refractivity (Wildman–Crippen MR) is 223 cm³/mol. The number of para-hydroxylation sites is 1. The summed E-state index contributed by atoms with van der Waals surface area (Å²) in [7, 11) is 0. The predicted octanol–water partition coefficient (Wildman–Crippen LogP) is 11.9. The molecular weight excluding hydrogens is 647 g/mol. The minimum atomic E-state index is 0.435. The molecule has 0 atom stereocenters. The van der Waals surface area contributed by atoms with Gasteiger partial charge in [0, 0.05) is 27.5 Å². The van der Waals surface area contributed by atoms with Gasteiger partial charge >= 0.3 is 0 Å². The van der Waals surface area contributed by atoms with Gasteiger partial charge in [0.2, 0.25) is 0 Å². The molecule has 0 unspecified atom stereocenters. The lowest BCUT2D eigenvalue weighted by atomic mass is 9.90. The van der Waals surface area contributed by atoms with E-state index in [1.807, 2.05) is 72.8 Å². The Morgan fingerprint density at radius 1 is 0.623 bits per heavy atom. The smallest absolute Gasteiger partial charge is 0.179 e. The number of allylic oxidation sites excluding steroid dienone is 5. The SMILES string of the molecule is C=C/C=C(\C=C/Cc1ccc2oc3ccccc3c2c1/C(=N\C(=N/N)c1ccc2ccccc2c1)c1ccc(-c2ccccc2)cc1)c1ccccc1. The number of aliphatic imine (C=N–C) groups is 1. The van der Waals surface area contributed by atoms with Crippen molar-refractivity contribution < 1.29 is 4.42 Å². The van der Waals surface area contributed by atoms with Gasteiger partial charge in [-0.2, -0.15) is 5.10 Å². The zero-order valence-electron chi connectivity index (χ0n) is 29.2. The molecular formula is C49H37N3O. The summed E-state index contributed by atoms with van der Waals surface area (Å²) in [6, 6.07) is 56.2. The third-order valence-corrected chi connectivity index (χ3v) is 9.52. The summed E-state index contributed by atoms with van der Waals surface area (Å²) in [4.78, 5) is 5.38. The van der Waals surface area contributed by atoms with Crippen molar-refractivity contribution in [3.05, 3.63) is 222 Å². The standard InChI is InChI=1S/C49H37N3O/c1-2-14-34(35-15-5-3-6-16-35)21-13-22-39-31-32-45-47(43-23-11-12-24-44(43)53-45)46(39)48(40-28-25-38(26-29-40)36-17-7-4-8-18-36)51-49(52-50)42-30-27-37-19-9-10-20-41(37)33-42/h2-21,23-33H,1,22,50H2/b21-13-,34-14+,51-48-,52-49-. The average Bonchev–Trinajstić information content (AvgIpc) is 3.61. The van der Waals surface area contributed by atoms with Gasteiger partial charge in [0.1, 0.15) is 11.2 Å². The number of hydrazone groups is 1. The normalized spacial score (nSPS) is 12.6. The van der Waals surface area contributed by atoms with Gasteiger partial charge in [-0.15, -0.1) is 0 Å². The van der Waals surface area contributed by atoms with Gasteiger partial charge in [-0.1, -0.05) is 176 Å². The molecule has 1 heterocycles. The van der Waals surface area contributed by atoms with Crippen molar-refractivity contribution in [1.82, 2.24) is 0 Å². The van der Waals surface area contributed by atoms with Crippen LogP contribution in [-0.2, 0) is 6.42 Å². The average molecular weight is 684 g/mol. The van der Waals surface area contributed by atoms with Crippen LogP contribution >= 0.6 is 0 Å². The summed E-state index contributed by atoms with van der Waals surface area (Å²) in [5, 5.41) is 8.54. The van der Waals surface area contributed by atoms with E-state index in [1.54, 1.807) is 0 Å². The van der Waals surface area contributed by atoms with Crippen molar-refractivity contribution in [2.75, 3.05) is 0 Å². The molecule has 1 aromatic heterocycles. The molecule has 0 radical (unpaired) electrons. The lowest BCUT2D eigenvalue weighted by Crippen LogP contribution is -2.13. The molecule has 0 bridgehead atoms. The van der Waals surface area contributed by atoms with Crippen LogP contribution in [0.25, 0.3) is 49.4 Å². The molecule has 8 aromatic rings. The number of hydrogen-bond acceptors (Lipinski definition) is 3. The molecule has 0 spiro atoms. The van der Waals surface area contributed by atoms with Crippen LogP contribution in [0.4, 0.5) is 0 Å². The van der Waals surface area contributed by atoms with Gasteiger partial charge in [-0.05, 0) is 63.2 Å². The maximum Gasteiger partial charge on any atom is 0.179 e. The van der Waals surface area contributed by atoms with Crippen LogP contribution in [-0.4, -0.2) is 11.5 Å². The second kappa shape index (κ2) is 15.1. The number of furan rings is 1. The topological polar surface area (TPSA) is 63.9 Å². The van der Waals surface area contributed by atoms with E-state index in [2.05, 4.69) is 127 Å². The van der Waals surface area contributed by atoms with Gasteiger partial charge in [0.05, 0.1) is 5.71 Å². The Hall–Kier alpha value is -7.04. The molecule has 0 saturated carbocycles. The summed E-state index contributed by atoms with van der Waals surface area (Å²) < 4.78 is 6.46. The fourth-order valence-corrected chi connectivity index (χ4v) is 6.94. The van der Waals surface area contributed by atoms with Crippen LogP contribution in [0.5, 0.6) is 0 Å². The quantitative estimate of drug-likeness (QED) is 0.0541. The summed E-state index contributed by atoms with van der Waals surface area (Å²) in [6.07, 6.45) is 8.86. The van der Waals surface area contributed by atoms with E-state index < -0.39 is 0 Å². The van der Waals surface area contributed by atoms with E-state index in [9.17, 15) is 0 Å². The molecule has 0 aliphatic carbocycles. The number of benzene rings is 7. The monoisotopic (exact) mass is 683 g/mol. The molecule has 254 valence electrons. The number of hydrogen-bond donors (Lipinski definition) is 1. The van der Waals surface area contributed by atoms with Crippen LogP contribution in [0.1, 0.15) is 27.8 Å². The van der Waals surface area contributed by atoms with Crippen LogP contribution in [0.3, 0.4) is 0 Å². The highest BCUT2D eigenvalue weighted by molar-refractivity contribution is 6.28. The number of rotatable bonds is 9. The number of fused-ring (bicyclic) bond motifs is 4. The van der Waals surface area contributed by atoms with Crippen molar-refractivity contribution in [2.24, 2.45) is 15.9 Å². The molecule has 7 aromatic carbocycles. The first-order valence-electron chi connectivity index (χ1n) is 17.7. The van der Waals surface area contributed by atoms with Gasteiger partial charge in [-0.25, -0.2) is 4.99 Å². The van der Waals surface area contributed by atoms with E-state index in [0.717, 1.165) is 82.9 Å². The van der Waals surface area contributed by atoms with E-state index in [-0.39, 0.29) is 0 Å². The van der Waals surface area contributed by atoms with E-state index in [1.165, 1.54) is 0 Å². The molecule has 0 saturated heterocycles. The molecule has 53 heavy (non-hydrogen) atoms. The Kier molecular flexibility index (Phi) is 9.41. The molecule has 0 amide bonds. The van der Waals surface area contributed by atoms with E-state index in [4.69, 9.17) is 15.3 Å². The second-order valence-electron chi connectivity index (χ2n) is 12.8. The van der Waals surface area contributed by atoms with Crippen LogP contribution in [0.2, 0.25) is 0 Å². The molecule has 0 aliphatic heterocycles. The Morgan fingerprint density at radius 2 is 1.30 bits per heavy atom. The zero-order chi connectivity index (χ0) is 36.0. The van der Waals surface area contributed by atoms with Crippen LogP contribution in [0, 0.1) is 0 Å². The second-order valence-corrected chi connectivity index (χ2v) is 12.8. The third-order valence-electron chi connectivity index (χ3n) is 9.52. The minimum absolute atomic E-state index is 0.435. The number of amidine groups is 1. The molecule has 0 fully saturated rings. The molecule has 2 N–H and O–H groups in total. The first-order valence-corrected chi connectivity index (χ1v) is 17.7. The summed E-state index contributed by atoms with van der Waals surface area (Å²) in [5.41, 5.74) is 10.7. The highest BCUT2D eigenvalue weighted by Crippen LogP contribution is 2.36. The first-order chi connectivity index (χ1) is 26.2. The molecule has 8 rings (SSSR count). The zero-order valence-corrected chi connectivity index (χ0v) is 29.2. The van der Waals surface area contributed by atoms with Crippen LogP contribution in [0.15, 0.2) is 209 Å². The molecule has 4 heteroatoms. The van der Waals surface area contributed by atoms with Crippen LogP contribution < -0.4 is 5.84 Å². The summed E-state index contributed by atoms with van der Waals surface area (Å²) >= 11 is 0. The van der Waals surface area contributed by atoms with Crippen molar-refractivity contribution in [3.8, 4) is 11.1 Å². The van der Waals surface area contributed by atoms with Gasteiger partial charge < -0.3 is 10.3 Å². The summed E-state index contributed by atoms with van der Waals surface area (Å²) in [5.74, 6) is 6.64. The minimum Gasteiger partial charge on any atom is -0.456 e. The van der Waals surface area contributed by atoms with Crippen molar-refractivity contribution in [1.29, 1.82) is 0 Å². The fourth-order valence-electron chi connectivity index (χ4n) is 6.94. The Bertz CT molecular complexity index is 2700. The maximum atomic E-state index is 6.46. The Balaban J connectivity index is 1.34. The number of nitrogens with zero attached hydrogens (tertiary/aromatic N) is 2. The van der Waals surface area contributed by atoms with Gasteiger partial charge in [0.15, 0.2) is 5.84 Å². The highest BCUT2D eigenvalue weighted by atomic mass is 16.3. The van der Waals surface area contributed by atoms with Gasteiger partial charge in [-0.3, -0.25) is 0 Å². The Labute approximate surface area is 309 Å². The fraction of sp³-hybridized carbons (Fsp3) is 0.0204. The lowest BCUT2D eigenvalue weighted by Gasteiger charge is -2.15. The third kappa shape index (κ3) is 6.86. The van der Waals surface area contributed by atoms with Crippen molar-refractivity contribution >= 4 is 49.8 Å². The van der Waals surface area contributed by atoms with Gasteiger partial charge in [0.25, 0.3) is 0 Å². The first kappa shape index (κ1) is 33.1. The van der Waals surface area contributed by atoms with Crippen molar-refractivity contribution in [2.45, 2.75) is 6.42 Å². The lowest BCUT2D eigenvalue weighted by molar-refractivity contribution is 0.669. The maximum absolute atomic E-state index is 6.46. The largest absolute Gasteiger partial charge is 0.456 e. The highest BCUT2D eigenvalue weighted by Gasteiger charge is 2.21. The van der Waals surface area contributed by atoms with E-state index in [0.29, 0.717) is 12.3 Å². The molecule has 4 nitrogen and oxygen atoms in total. The Morgan fingerprint density at radius 3 is 2.08 bits per heavy atom. The molecule has 0 aliphatic rings.